The first-order chi connectivity index (χ1) is 61.9. The summed E-state index contributed by atoms with van der Waals surface area (Å²) in [5, 5.41) is 82.2. The molecule has 10 aromatic carbocycles. The molecule has 34 heteroatoms. The van der Waals surface area contributed by atoms with Gasteiger partial charge in [-0.3, -0.25) is 0 Å². The van der Waals surface area contributed by atoms with Gasteiger partial charge in [-0.25, -0.2) is 56.3 Å². The number of hydrogen-bond acceptors (Lipinski definition) is 10. The minimum Gasteiger partial charge on any atom is -0.406 e. The zero-order valence-electron chi connectivity index (χ0n) is 64.2. The molecular formula is C96H28F16N16O2. The van der Waals surface area contributed by atoms with Crippen molar-refractivity contribution < 1.29 is 79.7 Å². The second kappa shape index (κ2) is 34.0. The molecule has 0 aromatic heterocycles. The summed E-state index contributed by atoms with van der Waals surface area (Å²) in [5.41, 5.74) is -20.7. The topological polar surface area (TPSA) is 244 Å². The summed E-state index contributed by atoms with van der Waals surface area (Å²) in [6.45, 7) is 63.4. The van der Waals surface area contributed by atoms with Gasteiger partial charge in [0.15, 0.2) is 22.7 Å². The van der Waals surface area contributed by atoms with Gasteiger partial charge >= 0.3 is 25.1 Å². The smallest absolute Gasteiger partial charge is 0.406 e. The summed E-state index contributed by atoms with van der Waals surface area (Å²) in [4.78, 5) is 27.1. The van der Waals surface area contributed by atoms with Crippen molar-refractivity contribution in [1.82, 2.24) is 0 Å². The predicted molar refractivity (Wildman–Crippen MR) is 436 cm³/mol. The lowest BCUT2D eigenvalue weighted by molar-refractivity contribution is -0.275. The van der Waals surface area contributed by atoms with Gasteiger partial charge in [0.1, 0.15) is 59.1 Å². The van der Waals surface area contributed by atoms with E-state index in [9.17, 15) is 94.8 Å². The molecule has 0 spiro atoms. The highest BCUT2D eigenvalue weighted by molar-refractivity contribution is 6.27. The highest BCUT2D eigenvalue weighted by atomic mass is 19.4. The Morgan fingerprint density at radius 2 is 0.546 bits per heavy atom. The van der Waals surface area contributed by atoms with E-state index >= 15 is 17.6 Å². The molecule has 0 radical (unpaired) electrons. The summed E-state index contributed by atoms with van der Waals surface area (Å²) < 4.78 is 242. The highest BCUT2D eigenvalue weighted by Crippen LogP contribution is 2.65. The molecule has 0 aliphatic heterocycles. The number of alkyl halides is 12. The van der Waals surface area contributed by atoms with E-state index in [0.717, 1.165) is 146 Å². The molecule has 18 nitrogen and oxygen atoms in total. The zero-order valence-corrected chi connectivity index (χ0v) is 64.2. The number of fused-ring (bicyclic) bond motifs is 4. The van der Waals surface area contributed by atoms with Gasteiger partial charge in [-0.05, 0) is 174 Å². The van der Waals surface area contributed by atoms with E-state index in [1.54, 1.807) is 12.1 Å². The average Bonchev–Trinajstić information content (AvgIpc) is 1.53. The fourth-order valence-corrected chi connectivity index (χ4v) is 15.2. The number of ether oxygens (including phenoxy) is 2. The molecule has 0 saturated heterocycles. The summed E-state index contributed by atoms with van der Waals surface area (Å²) in [7, 11) is 0. The van der Waals surface area contributed by atoms with Gasteiger partial charge in [-0.15, -0.1) is 26.3 Å². The lowest BCUT2D eigenvalue weighted by Gasteiger charge is -2.24. The minimum atomic E-state index is -5.18. The van der Waals surface area contributed by atoms with Crippen LogP contribution in [0.15, 0.2) is 193 Å². The fraction of sp³-hybridized carbons (Fsp3) is 0.0417. The standard InChI is InChI=1S/C48H14F8N8O2.C48H14F8N8/c1-61-29-16-27(17-30(18-29)62-2)33(21-59)38-40-35(25-5-9-31(10-6-25)65-47(51,52)53)37-34(22-60)43(49)42(45(63-3)28-14-23(19-57)13-24(15-28)20-58)39(37)36(41(40)46(64-4)44(38)50)26-7-11-32(12-8-26)66-48(54,55)56;1-61-31-16-27(17-32(18-31)62-2)33(21-59)38-40-35(25-5-9-29(10-6-25)47(51,52)53)37-34(22-60)43(49)42(45(63-3)28-14-23(19-57)13-24(15-28)20-58)39(37)36(41(40)46(64-4)44(38)50)26-7-11-30(12-8-26)48(54,55)56/h5-18H;5-18H/b2*38-33-,45-42+. The quantitative estimate of drug-likeness (QED) is 0.0712. The maximum atomic E-state index is 17.6. The maximum Gasteiger partial charge on any atom is 0.573 e. The second-order valence-electron chi connectivity index (χ2n) is 27.3. The van der Waals surface area contributed by atoms with E-state index in [1.807, 2.05) is 36.4 Å². The number of hydrogen-bond donors (Lipinski definition) is 0. The largest absolute Gasteiger partial charge is 0.573 e. The molecule has 130 heavy (non-hydrogen) atoms. The molecule has 0 N–H and O–H groups in total. The van der Waals surface area contributed by atoms with Crippen molar-refractivity contribution in [3.8, 4) is 105 Å². The van der Waals surface area contributed by atoms with E-state index in [1.165, 1.54) is 0 Å². The summed E-state index contributed by atoms with van der Waals surface area (Å²) in [6.07, 6.45) is -20.2. The Bertz CT molecular complexity index is 7260. The van der Waals surface area contributed by atoms with Crippen LogP contribution in [0, 0.1) is 143 Å². The van der Waals surface area contributed by atoms with Crippen LogP contribution < -0.4 is 9.47 Å². The molecule has 0 bridgehead atoms. The Kier molecular flexibility index (Phi) is 23.1. The van der Waals surface area contributed by atoms with Crippen molar-refractivity contribution in [2.75, 3.05) is 0 Å². The van der Waals surface area contributed by atoms with Crippen LogP contribution in [0.5, 0.6) is 11.5 Å². The average molecular weight is 1740 g/mol. The summed E-state index contributed by atoms with van der Waals surface area (Å²) in [6, 6.07) is 41.2. The third kappa shape index (κ3) is 15.7. The normalized spacial score (nSPS) is 14.3. The van der Waals surface area contributed by atoms with Crippen molar-refractivity contribution in [3.63, 3.8) is 0 Å². The van der Waals surface area contributed by atoms with Gasteiger partial charge in [0, 0.05) is 44.5 Å². The van der Waals surface area contributed by atoms with Gasteiger partial charge in [0.25, 0.3) is 0 Å². The maximum absolute atomic E-state index is 17.6. The fourth-order valence-electron chi connectivity index (χ4n) is 15.2. The third-order valence-corrected chi connectivity index (χ3v) is 20.2. The predicted octanol–water partition coefficient (Wildman–Crippen LogP) is 27.6. The minimum absolute atomic E-state index is 0.173. The zero-order chi connectivity index (χ0) is 94.2. The molecule has 14 rings (SSSR count). The first-order valence-electron chi connectivity index (χ1n) is 35.9. The summed E-state index contributed by atoms with van der Waals surface area (Å²) >= 11 is 0. The van der Waals surface area contributed by atoms with Gasteiger partial charge in [0.05, 0.1) is 133 Å². The summed E-state index contributed by atoms with van der Waals surface area (Å²) in [5.74, 6) is -7.34. The van der Waals surface area contributed by atoms with Crippen molar-refractivity contribution >= 4 is 90.1 Å². The van der Waals surface area contributed by atoms with Crippen LogP contribution in [0.25, 0.3) is 151 Å². The van der Waals surface area contributed by atoms with E-state index in [-0.39, 0.29) is 89.5 Å². The number of allylic oxidation sites excluding steroid dienone is 12. The third-order valence-electron chi connectivity index (χ3n) is 20.2. The molecule has 0 unspecified atom stereocenters. The molecule has 0 heterocycles. The molecule has 0 fully saturated rings. The van der Waals surface area contributed by atoms with Crippen LogP contribution in [0.1, 0.15) is 100 Å². The van der Waals surface area contributed by atoms with Crippen LogP contribution in [-0.4, -0.2) is 12.7 Å². The van der Waals surface area contributed by atoms with Crippen molar-refractivity contribution in [2.24, 2.45) is 0 Å². The Balaban J connectivity index is 0.000000222. The molecule has 4 aliphatic rings. The Labute approximate surface area is 722 Å². The molecule has 0 atom stereocenters. The van der Waals surface area contributed by atoms with Gasteiger partial charge in [0.2, 0.25) is 22.8 Å². The van der Waals surface area contributed by atoms with Crippen molar-refractivity contribution in [3.05, 3.63) is 385 Å². The van der Waals surface area contributed by atoms with Crippen molar-refractivity contribution in [2.45, 2.75) is 25.1 Å². The highest BCUT2D eigenvalue weighted by Gasteiger charge is 2.48. The van der Waals surface area contributed by atoms with Crippen molar-refractivity contribution in [1.29, 1.82) is 42.1 Å². The van der Waals surface area contributed by atoms with Crippen LogP contribution in [-0.2, 0) is 12.4 Å². The number of rotatable bonds is 10. The molecular weight excluding hydrogens is 1710 g/mol. The lowest BCUT2D eigenvalue weighted by Crippen LogP contribution is -2.17. The Morgan fingerprint density at radius 1 is 0.277 bits per heavy atom. The first kappa shape index (κ1) is 88.2. The van der Waals surface area contributed by atoms with Gasteiger partial charge in [-0.2, -0.15) is 68.4 Å². The molecule has 10 aromatic rings. The number of nitriles is 8. The van der Waals surface area contributed by atoms with Crippen LogP contribution in [0.4, 0.5) is 93.0 Å². The molecule has 0 amide bonds. The second-order valence-corrected chi connectivity index (χ2v) is 27.3. The molecule has 4 aliphatic carbocycles. The monoisotopic (exact) mass is 1740 g/mol. The van der Waals surface area contributed by atoms with Crippen LogP contribution in [0.3, 0.4) is 0 Å². The van der Waals surface area contributed by atoms with E-state index in [4.69, 9.17) is 52.6 Å². The SMILES string of the molecule is [C-]#[N+]C1=C(F)/C(=C(/C#N)c2cc([N+]#[C-])cc([N+]#[C-])c2)c2c1c(-c1ccc(C(F)(F)F)cc1)c1c(c2-c2ccc(C(F)(F)F)cc2)C(C#N)=C(F)/C1=C(/[N+]#[C-])c1cc(C#N)cc(C#N)c1.[C-]#[N+]C1=C(F)/C(=C(/C#N)c2cc([N+]#[C-])cc([N+]#[C-])c2)c2c1c(-c1ccc(OC(F)(F)F)cc1)c1c(c2-c2ccc(OC(F)(F)F)cc2)C(C#N)=C(F)/C1=C(/[N+]#[C-])c1cc(C#N)cc(C#N)c1. The number of nitrogens with zero attached hydrogens (tertiary/aromatic N) is 16. The first-order valence-corrected chi connectivity index (χ1v) is 35.9. The number of benzene rings is 10. The van der Waals surface area contributed by atoms with E-state index < -0.39 is 205 Å². The Hall–Kier alpha value is -19.6. The lowest BCUT2D eigenvalue weighted by atomic mass is 9.78. The molecule has 616 valence electrons. The van der Waals surface area contributed by atoms with Crippen LogP contribution >= 0.6 is 0 Å². The Morgan fingerprint density at radius 3 is 0.777 bits per heavy atom. The van der Waals surface area contributed by atoms with E-state index in [0.29, 0.717) is 24.3 Å². The van der Waals surface area contributed by atoms with Crippen LogP contribution in [0.2, 0.25) is 0 Å². The molecule has 0 saturated carbocycles. The van der Waals surface area contributed by atoms with Gasteiger partial charge < -0.3 is 9.47 Å². The van der Waals surface area contributed by atoms with E-state index in [2.05, 4.69) is 48.2 Å². The number of halogens is 16. The van der Waals surface area contributed by atoms with Gasteiger partial charge in [-0.1, -0.05) is 84.9 Å².